The molecule has 2 aromatic rings. The maximum Gasteiger partial charge on any atom is 0.407 e. The van der Waals surface area contributed by atoms with Crippen LogP contribution in [-0.4, -0.2) is 24.4 Å². The second-order valence-corrected chi connectivity index (χ2v) is 4.87. The molecule has 0 aliphatic heterocycles. The van der Waals surface area contributed by atoms with Crippen molar-refractivity contribution >= 4 is 27.6 Å². The predicted octanol–water partition coefficient (Wildman–Crippen LogP) is 2.80. The molecule has 0 bridgehead atoms. The van der Waals surface area contributed by atoms with Gasteiger partial charge >= 0.3 is 6.09 Å². The van der Waals surface area contributed by atoms with Crippen molar-refractivity contribution in [3.05, 3.63) is 28.8 Å². The van der Waals surface area contributed by atoms with E-state index in [4.69, 9.17) is 0 Å². The van der Waals surface area contributed by atoms with Crippen molar-refractivity contribution in [1.29, 1.82) is 0 Å². The van der Waals surface area contributed by atoms with Crippen molar-refractivity contribution in [3.8, 4) is 0 Å². The molecular weight excluding hydrogens is 255 g/mol. The average molecular weight is 268 g/mol. The van der Waals surface area contributed by atoms with Crippen LogP contribution in [0.3, 0.4) is 0 Å². The van der Waals surface area contributed by atoms with Gasteiger partial charge in [-0.25, -0.2) is 14.2 Å². The van der Waals surface area contributed by atoms with Crippen LogP contribution in [0.15, 0.2) is 18.2 Å². The molecule has 0 aliphatic carbocycles. The number of hydrogen-bond donors (Lipinski definition) is 1. The largest absolute Gasteiger partial charge is 0.447 e. The standard InChI is InChI=1S/C12H13FN2O2S/c1-8-2-3-10-9(6-8)15-11(18-10)7-14-12(16)17-5-4-13/h2-3,6H,4-5,7H2,1H3,(H,14,16). The number of alkyl halides is 1. The van der Waals surface area contributed by atoms with E-state index in [0.717, 1.165) is 20.8 Å². The average Bonchev–Trinajstić information content (AvgIpc) is 2.75. The molecule has 6 heteroatoms. The fraction of sp³-hybridized carbons (Fsp3) is 0.333. The topological polar surface area (TPSA) is 51.2 Å². The number of fused-ring (bicyclic) bond motifs is 1. The van der Waals surface area contributed by atoms with Crippen molar-refractivity contribution in [1.82, 2.24) is 10.3 Å². The van der Waals surface area contributed by atoms with E-state index in [-0.39, 0.29) is 6.61 Å². The Balaban J connectivity index is 1.97. The van der Waals surface area contributed by atoms with E-state index < -0.39 is 12.8 Å². The number of aromatic nitrogens is 1. The molecule has 0 atom stereocenters. The van der Waals surface area contributed by atoms with Crippen LogP contribution in [0.2, 0.25) is 0 Å². The number of benzene rings is 1. The Kier molecular flexibility index (Phi) is 4.09. The lowest BCUT2D eigenvalue weighted by Gasteiger charge is -2.02. The molecule has 0 spiro atoms. The number of nitrogens with one attached hydrogen (secondary N) is 1. The maximum atomic E-state index is 11.8. The first-order chi connectivity index (χ1) is 8.69. The molecule has 0 unspecified atom stereocenters. The Morgan fingerprint density at radius 3 is 3.17 bits per heavy atom. The highest BCUT2D eigenvalue weighted by Gasteiger charge is 2.06. The highest BCUT2D eigenvalue weighted by atomic mass is 32.1. The minimum Gasteiger partial charge on any atom is -0.447 e. The molecule has 0 fully saturated rings. The number of rotatable bonds is 4. The molecular formula is C12H13FN2O2S. The summed E-state index contributed by atoms with van der Waals surface area (Å²) in [6.07, 6.45) is -0.622. The number of ether oxygens (including phenoxy) is 1. The number of carbonyl (C=O) groups is 1. The number of carbonyl (C=O) groups excluding carboxylic acids is 1. The van der Waals surface area contributed by atoms with E-state index in [1.807, 2.05) is 25.1 Å². The first-order valence-corrected chi connectivity index (χ1v) is 6.33. The zero-order valence-corrected chi connectivity index (χ0v) is 10.7. The predicted molar refractivity (Wildman–Crippen MR) is 68.5 cm³/mol. The van der Waals surface area contributed by atoms with E-state index in [1.165, 1.54) is 11.3 Å². The van der Waals surface area contributed by atoms with Crippen LogP contribution in [0.5, 0.6) is 0 Å². The Morgan fingerprint density at radius 2 is 2.39 bits per heavy atom. The lowest BCUT2D eigenvalue weighted by atomic mass is 10.2. The van der Waals surface area contributed by atoms with Crippen LogP contribution in [-0.2, 0) is 11.3 Å². The van der Waals surface area contributed by atoms with Gasteiger partial charge in [-0.2, -0.15) is 0 Å². The monoisotopic (exact) mass is 268 g/mol. The van der Waals surface area contributed by atoms with Gasteiger partial charge in [0.1, 0.15) is 18.3 Å². The van der Waals surface area contributed by atoms with Crippen molar-refractivity contribution in [2.24, 2.45) is 0 Å². The van der Waals surface area contributed by atoms with E-state index in [1.54, 1.807) is 0 Å². The number of halogens is 1. The minimum atomic E-state index is -0.673. The summed E-state index contributed by atoms with van der Waals surface area (Å²) >= 11 is 1.52. The molecule has 0 saturated heterocycles. The first kappa shape index (κ1) is 12.8. The van der Waals surface area contributed by atoms with Gasteiger partial charge in [-0.3, -0.25) is 0 Å². The molecule has 18 heavy (non-hydrogen) atoms. The lowest BCUT2D eigenvalue weighted by Crippen LogP contribution is -2.24. The molecule has 0 saturated carbocycles. The van der Waals surface area contributed by atoms with Gasteiger partial charge in [0.25, 0.3) is 0 Å². The van der Waals surface area contributed by atoms with Gasteiger partial charge in [0.15, 0.2) is 0 Å². The zero-order chi connectivity index (χ0) is 13.0. The summed E-state index contributed by atoms with van der Waals surface area (Å²) in [7, 11) is 0. The van der Waals surface area contributed by atoms with E-state index in [2.05, 4.69) is 15.0 Å². The fourth-order valence-corrected chi connectivity index (χ4v) is 2.38. The van der Waals surface area contributed by atoms with E-state index >= 15 is 0 Å². The number of amides is 1. The minimum absolute atomic E-state index is 0.217. The van der Waals surface area contributed by atoms with E-state index in [9.17, 15) is 9.18 Å². The van der Waals surface area contributed by atoms with Crippen LogP contribution in [0.25, 0.3) is 10.2 Å². The third kappa shape index (κ3) is 3.16. The Bertz CT molecular complexity index is 556. The molecule has 1 aromatic heterocycles. The van der Waals surface area contributed by atoms with Crippen LogP contribution < -0.4 is 5.32 Å². The molecule has 96 valence electrons. The fourth-order valence-electron chi connectivity index (χ4n) is 1.49. The van der Waals surface area contributed by atoms with Gasteiger partial charge < -0.3 is 10.1 Å². The highest BCUT2D eigenvalue weighted by Crippen LogP contribution is 2.22. The summed E-state index contributed by atoms with van der Waals surface area (Å²) in [4.78, 5) is 15.5. The quantitative estimate of drug-likeness (QED) is 0.927. The lowest BCUT2D eigenvalue weighted by molar-refractivity contribution is 0.137. The van der Waals surface area contributed by atoms with Crippen molar-refractivity contribution in [2.45, 2.75) is 13.5 Å². The van der Waals surface area contributed by atoms with Gasteiger partial charge in [-0.1, -0.05) is 6.07 Å². The summed E-state index contributed by atoms with van der Waals surface area (Å²) in [5.41, 5.74) is 2.07. The number of alkyl carbamates (subject to hydrolysis) is 1. The third-order valence-corrected chi connectivity index (χ3v) is 3.32. The summed E-state index contributed by atoms with van der Waals surface area (Å²) in [5, 5.41) is 3.33. The summed E-state index contributed by atoms with van der Waals surface area (Å²) in [6, 6.07) is 6.03. The highest BCUT2D eigenvalue weighted by molar-refractivity contribution is 7.18. The van der Waals surface area contributed by atoms with Crippen molar-refractivity contribution in [3.63, 3.8) is 0 Å². The third-order valence-electron chi connectivity index (χ3n) is 2.28. The molecule has 1 aromatic carbocycles. The summed E-state index contributed by atoms with van der Waals surface area (Å²) in [5.74, 6) is 0. The zero-order valence-electron chi connectivity index (χ0n) is 9.90. The summed E-state index contributed by atoms with van der Waals surface area (Å²) < 4.78 is 17.4. The first-order valence-electron chi connectivity index (χ1n) is 5.51. The molecule has 1 heterocycles. The second kappa shape index (κ2) is 5.77. The molecule has 0 aliphatic rings. The molecule has 2 rings (SSSR count). The number of nitrogens with zero attached hydrogens (tertiary/aromatic N) is 1. The van der Waals surface area contributed by atoms with E-state index in [0.29, 0.717) is 6.54 Å². The Hall–Kier alpha value is -1.69. The molecule has 4 nitrogen and oxygen atoms in total. The Labute approximate surface area is 108 Å². The van der Waals surface area contributed by atoms with Crippen LogP contribution in [0.4, 0.5) is 9.18 Å². The van der Waals surface area contributed by atoms with Gasteiger partial charge in [0.2, 0.25) is 0 Å². The molecule has 1 N–H and O–H groups in total. The van der Waals surface area contributed by atoms with Crippen LogP contribution >= 0.6 is 11.3 Å². The Morgan fingerprint density at radius 1 is 1.56 bits per heavy atom. The normalized spacial score (nSPS) is 10.6. The maximum absolute atomic E-state index is 11.8. The number of thiazole rings is 1. The van der Waals surface area contributed by atoms with Crippen LogP contribution in [0.1, 0.15) is 10.6 Å². The smallest absolute Gasteiger partial charge is 0.407 e. The number of aryl methyl sites for hydroxylation is 1. The van der Waals surface area contributed by atoms with Gasteiger partial charge in [-0.15, -0.1) is 11.3 Å². The SMILES string of the molecule is Cc1ccc2sc(CNC(=O)OCCF)nc2c1. The van der Waals surface area contributed by atoms with Gasteiger partial charge in [-0.05, 0) is 24.6 Å². The molecule has 1 amide bonds. The van der Waals surface area contributed by atoms with Gasteiger partial charge in [0.05, 0.1) is 16.8 Å². The summed E-state index contributed by atoms with van der Waals surface area (Å²) in [6.45, 7) is 1.41. The number of hydrogen-bond acceptors (Lipinski definition) is 4. The van der Waals surface area contributed by atoms with Crippen LogP contribution in [0, 0.1) is 6.92 Å². The van der Waals surface area contributed by atoms with Gasteiger partial charge in [0, 0.05) is 0 Å². The van der Waals surface area contributed by atoms with Crippen molar-refractivity contribution in [2.75, 3.05) is 13.3 Å². The second-order valence-electron chi connectivity index (χ2n) is 3.76. The molecule has 0 radical (unpaired) electrons. The van der Waals surface area contributed by atoms with Crippen molar-refractivity contribution < 1.29 is 13.9 Å².